The summed E-state index contributed by atoms with van der Waals surface area (Å²) in [7, 11) is 1.29. The van der Waals surface area contributed by atoms with Gasteiger partial charge in [0, 0.05) is 24.6 Å². The summed E-state index contributed by atoms with van der Waals surface area (Å²) in [6.07, 6.45) is -6.02. The maximum absolute atomic E-state index is 14.2. The number of halogens is 7. The van der Waals surface area contributed by atoms with Crippen LogP contribution in [0.4, 0.5) is 17.6 Å². The molecule has 0 radical (unpaired) electrons. The van der Waals surface area contributed by atoms with Crippen molar-refractivity contribution in [2.75, 3.05) is 7.05 Å². The molecule has 36 heavy (non-hydrogen) atoms. The second kappa shape index (κ2) is 9.20. The van der Waals surface area contributed by atoms with Gasteiger partial charge in [-0.25, -0.2) is 4.39 Å². The average molecular weight is 567 g/mol. The summed E-state index contributed by atoms with van der Waals surface area (Å²) < 4.78 is 56.3. The molecule has 2 heterocycles. The van der Waals surface area contributed by atoms with Crippen LogP contribution in [0.2, 0.25) is 15.1 Å². The fraction of sp³-hybridized carbons (Fsp3) is 0.273. The Bertz CT molecular complexity index is 1310. The smallest absolute Gasteiger partial charge is 0.374 e. The number of nitrogens with one attached hydrogen (secondary N) is 1. The van der Waals surface area contributed by atoms with E-state index in [-0.39, 0.29) is 28.3 Å². The number of carbonyl (C=O) groups is 3. The third-order valence-electron chi connectivity index (χ3n) is 5.87. The summed E-state index contributed by atoms with van der Waals surface area (Å²) in [6, 6.07) is 4.22. The number of likely N-dealkylation sites (N-methyl/N-ethyl adjacent to an activating group) is 1. The highest BCUT2D eigenvalue weighted by Crippen LogP contribution is 2.50. The lowest BCUT2D eigenvalue weighted by atomic mass is 9.86. The first-order valence-electron chi connectivity index (χ1n) is 10.1. The molecule has 2 aliphatic rings. The fourth-order valence-electron chi connectivity index (χ4n) is 3.83. The van der Waals surface area contributed by atoms with Crippen molar-refractivity contribution in [1.82, 2.24) is 10.2 Å². The highest BCUT2D eigenvalue weighted by atomic mass is 35.5. The maximum atomic E-state index is 14.2. The first-order valence-corrected chi connectivity index (χ1v) is 11.3. The molecule has 0 saturated carbocycles. The van der Waals surface area contributed by atoms with Gasteiger partial charge in [0.05, 0.1) is 32.8 Å². The molecule has 1 N–H and O–H groups in total. The summed E-state index contributed by atoms with van der Waals surface area (Å²) in [6.45, 7) is 0. The first kappa shape index (κ1) is 26.2. The van der Waals surface area contributed by atoms with Gasteiger partial charge in [0.25, 0.3) is 17.4 Å². The molecule has 1 unspecified atom stereocenters. The second-order valence-corrected chi connectivity index (χ2v) is 9.32. The Kier molecular flexibility index (Phi) is 6.69. The SMILES string of the molecule is CN1C(=O)C[C@@H](NC(=O)c2ccc(C3=NOC(c4cc(Cl)c(F)c(Cl)c4)(C(F)(F)F)C3)cc2Cl)C1=O. The van der Waals surface area contributed by atoms with Crippen LogP contribution in [-0.4, -0.2) is 47.6 Å². The highest BCUT2D eigenvalue weighted by molar-refractivity contribution is 6.35. The number of hydrogen-bond donors (Lipinski definition) is 1. The first-order chi connectivity index (χ1) is 16.7. The molecule has 1 saturated heterocycles. The number of carbonyl (C=O) groups excluding carboxylic acids is 3. The summed E-state index contributed by atoms with van der Waals surface area (Å²) in [5.74, 6) is -2.86. The Morgan fingerprint density at radius 2 is 1.78 bits per heavy atom. The molecule has 14 heteroatoms. The van der Waals surface area contributed by atoms with Crippen LogP contribution < -0.4 is 5.32 Å². The summed E-state index contributed by atoms with van der Waals surface area (Å²) in [5.41, 5.74) is -3.65. The molecule has 2 aromatic rings. The van der Waals surface area contributed by atoms with Crippen LogP contribution in [0.3, 0.4) is 0 Å². The van der Waals surface area contributed by atoms with Gasteiger partial charge < -0.3 is 10.2 Å². The summed E-state index contributed by atoms with van der Waals surface area (Å²) >= 11 is 17.6. The van der Waals surface area contributed by atoms with Gasteiger partial charge in [0.2, 0.25) is 5.91 Å². The van der Waals surface area contributed by atoms with Crippen molar-refractivity contribution >= 4 is 58.2 Å². The van der Waals surface area contributed by atoms with Gasteiger partial charge in [-0.1, -0.05) is 46.0 Å². The minimum atomic E-state index is -5.00. The zero-order valence-electron chi connectivity index (χ0n) is 18.1. The van der Waals surface area contributed by atoms with E-state index >= 15 is 0 Å². The molecule has 4 rings (SSSR count). The van der Waals surface area contributed by atoms with E-state index in [0.717, 1.165) is 17.0 Å². The van der Waals surface area contributed by atoms with Crippen LogP contribution in [0.25, 0.3) is 0 Å². The third-order valence-corrected chi connectivity index (χ3v) is 6.73. The Labute approximate surface area is 215 Å². The molecule has 190 valence electrons. The predicted octanol–water partition coefficient (Wildman–Crippen LogP) is 4.86. The molecule has 0 spiro atoms. The normalized spacial score (nSPS) is 22.1. The topological polar surface area (TPSA) is 88.1 Å². The maximum Gasteiger partial charge on any atom is 0.435 e. The molecular weight excluding hydrogens is 553 g/mol. The largest absolute Gasteiger partial charge is 0.435 e. The molecule has 2 aliphatic heterocycles. The summed E-state index contributed by atoms with van der Waals surface area (Å²) in [5, 5.41) is 4.61. The number of likely N-dealkylation sites (tertiary alicyclic amines) is 1. The number of amides is 3. The van der Waals surface area contributed by atoms with Crippen LogP contribution in [0.1, 0.15) is 34.3 Å². The number of imide groups is 1. The minimum Gasteiger partial charge on any atom is -0.374 e. The van der Waals surface area contributed by atoms with Gasteiger partial charge in [-0.2, -0.15) is 13.2 Å². The van der Waals surface area contributed by atoms with Gasteiger partial charge in [0.1, 0.15) is 6.04 Å². The molecule has 3 amide bonds. The monoisotopic (exact) mass is 565 g/mol. The van der Waals surface area contributed by atoms with E-state index in [2.05, 4.69) is 10.5 Å². The molecule has 2 atom stereocenters. The lowest BCUT2D eigenvalue weighted by molar-refractivity contribution is -0.275. The van der Waals surface area contributed by atoms with Gasteiger partial charge in [-0.05, 0) is 24.3 Å². The summed E-state index contributed by atoms with van der Waals surface area (Å²) in [4.78, 5) is 42.0. The predicted molar refractivity (Wildman–Crippen MR) is 121 cm³/mol. The van der Waals surface area contributed by atoms with Crippen LogP contribution in [0.5, 0.6) is 0 Å². The molecular formula is C22H14Cl3F4N3O4. The third kappa shape index (κ3) is 4.39. The molecule has 2 aromatic carbocycles. The molecule has 0 aromatic heterocycles. The van der Waals surface area contributed by atoms with Crippen LogP contribution in [0.15, 0.2) is 35.5 Å². The van der Waals surface area contributed by atoms with Crippen LogP contribution in [-0.2, 0) is 20.0 Å². The molecule has 1 fully saturated rings. The van der Waals surface area contributed by atoms with Crippen molar-refractivity contribution < 1.29 is 36.8 Å². The van der Waals surface area contributed by atoms with Crippen molar-refractivity contribution in [1.29, 1.82) is 0 Å². The van der Waals surface area contributed by atoms with Gasteiger partial charge in [-0.3, -0.25) is 19.3 Å². The van der Waals surface area contributed by atoms with Crippen molar-refractivity contribution in [2.45, 2.75) is 30.7 Å². The number of oxime groups is 1. The van der Waals surface area contributed by atoms with Gasteiger partial charge in [-0.15, -0.1) is 0 Å². The standard InChI is InChI=1S/C22H14Cl3F4N3O4/c1-32-17(33)7-15(20(32)35)30-19(34)11-3-2-9(4-12(11)23)16-8-21(36-31-16,22(27,28)29)10-5-13(24)18(26)14(25)6-10/h2-6,15H,7-8H2,1H3,(H,30,34)/t15-,21?/m1/s1. The van der Waals surface area contributed by atoms with Gasteiger partial charge in [0.15, 0.2) is 5.82 Å². The van der Waals surface area contributed by atoms with E-state index < -0.39 is 63.4 Å². The Morgan fingerprint density at radius 1 is 1.14 bits per heavy atom. The quantitative estimate of drug-likeness (QED) is 0.326. The second-order valence-electron chi connectivity index (χ2n) is 8.10. The number of alkyl halides is 3. The van der Waals surface area contributed by atoms with Gasteiger partial charge >= 0.3 is 6.18 Å². The van der Waals surface area contributed by atoms with Crippen molar-refractivity contribution in [3.63, 3.8) is 0 Å². The van der Waals surface area contributed by atoms with E-state index in [1.54, 1.807) is 0 Å². The van der Waals surface area contributed by atoms with E-state index in [9.17, 15) is 31.9 Å². The van der Waals surface area contributed by atoms with E-state index in [1.165, 1.54) is 25.2 Å². The Morgan fingerprint density at radius 3 is 2.31 bits per heavy atom. The minimum absolute atomic E-state index is 0.0751. The lowest BCUT2D eigenvalue weighted by Crippen LogP contribution is -2.42. The Balaban J connectivity index is 1.59. The molecule has 0 bridgehead atoms. The Hall–Kier alpha value is -2.89. The van der Waals surface area contributed by atoms with Crippen LogP contribution in [0, 0.1) is 5.82 Å². The van der Waals surface area contributed by atoms with E-state index in [0.29, 0.717) is 0 Å². The van der Waals surface area contributed by atoms with Crippen LogP contribution >= 0.6 is 34.8 Å². The lowest BCUT2D eigenvalue weighted by Gasteiger charge is -2.29. The number of benzene rings is 2. The zero-order chi connectivity index (χ0) is 26.6. The molecule has 7 nitrogen and oxygen atoms in total. The fourth-order valence-corrected chi connectivity index (χ4v) is 4.58. The average Bonchev–Trinajstić information content (AvgIpc) is 3.36. The number of nitrogens with zero attached hydrogens (tertiary/aromatic N) is 2. The zero-order valence-corrected chi connectivity index (χ0v) is 20.3. The van der Waals surface area contributed by atoms with E-state index in [4.69, 9.17) is 39.6 Å². The van der Waals surface area contributed by atoms with Crippen molar-refractivity contribution in [2.24, 2.45) is 5.16 Å². The van der Waals surface area contributed by atoms with E-state index in [1.807, 2.05) is 0 Å². The van der Waals surface area contributed by atoms with Crippen molar-refractivity contribution in [3.05, 3.63) is 67.9 Å². The molecule has 0 aliphatic carbocycles. The van der Waals surface area contributed by atoms with Crippen molar-refractivity contribution in [3.8, 4) is 0 Å². The highest BCUT2D eigenvalue weighted by Gasteiger charge is 2.62. The number of rotatable bonds is 4. The number of hydrogen-bond acceptors (Lipinski definition) is 5.